The van der Waals surface area contributed by atoms with Gasteiger partial charge < -0.3 is 4.74 Å². The first kappa shape index (κ1) is 19.2. The van der Waals surface area contributed by atoms with Gasteiger partial charge in [-0.15, -0.1) is 0 Å². The molecule has 27 heavy (non-hydrogen) atoms. The molecule has 0 spiro atoms. The van der Waals surface area contributed by atoms with Crippen molar-refractivity contribution in [3.05, 3.63) is 88.5 Å². The van der Waals surface area contributed by atoms with E-state index in [0.29, 0.717) is 24.2 Å². The number of benzene rings is 2. The molecule has 1 aliphatic rings. The molecule has 0 amide bonds. The van der Waals surface area contributed by atoms with E-state index >= 15 is 0 Å². The number of fused-ring (bicyclic) bond motifs is 1. The van der Waals surface area contributed by atoms with Crippen LogP contribution in [0.4, 0.5) is 0 Å². The minimum Gasteiger partial charge on any atom is -0.481 e. The molecule has 2 nitrogen and oxygen atoms in total. The van der Waals surface area contributed by atoms with E-state index in [1.54, 1.807) is 0 Å². The van der Waals surface area contributed by atoms with Crippen molar-refractivity contribution in [3.63, 3.8) is 0 Å². The summed E-state index contributed by atoms with van der Waals surface area (Å²) in [6, 6.07) is 16.0. The fraction of sp³-hybridized carbons (Fsp3) is 0.320. The van der Waals surface area contributed by atoms with Gasteiger partial charge in [0.2, 0.25) is 0 Å². The first-order valence-electron chi connectivity index (χ1n) is 9.58. The van der Waals surface area contributed by atoms with Gasteiger partial charge in [-0.2, -0.15) is 0 Å². The monoisotopic (exact) mass is 360 g/mol. The van der Waals surface area contributed by atoms with Crippen LogP contribution in [-0.4, -0.2) is 5.78 Å². The number of hydrogen-bond donors (Lipinski definition) is 0. The molecular weight excluding hydrogens is 332 g/mol. The zero-order valence-electron chi connectivity index (χ0n) is 16.7. The molecule has 1 unspecified atom stereocenters. The lowest BCUT2D eigenvalue weighted by Crippen LogP contribution is -2.40. The maximum atomic E-state index is 13.0. The summed E-state index contributed by atoms with van der Waals surface area (Å²) in [4.78, 5) is 13.0. The third kappa shape index (κ3) is 4.21. The summed E-state index contributed by atoms with van der Waals surface area (Å²) >= 11 is 0. The van der Waals surface area contributed by atoms with E-state index in [-0.39, 0.29) is 5.78 Å². The fourth-order valence-corrected chi connectivity index (χ4v) is 3.59. The van der Waals surface area contributed by atoms with E-state index in [9.17, 15) is 4.79 Å². The third-order valence-corrected chi connectivity index (χ3v) is 5.02. The Bertz CT molecular complexity index is 896. The van der Waals surface area contributed by atoms with Crippen LogP contribution in [0.1, 0.15) is 62.0 Å². The van der Waals surface area contributed by atoms with E-state index in [1.165, 1.54) is 16.7 Å². The lowest BCUT2D eigenvalue weighted by atomic mass is 9.78. The second kappa shape index (κ2) is 7.96. The minimum atomic E-state index is -0.658. The van der Waals surface area contributed by atoms with Crippen LogP contribution < -0.4 is 4.74 Å². The highest BCUT2D eigenvalue weighted by Crippen LogP contribution is 2.43. The molecule has 0 aromatic heterocycles. The Morgan fingerprint density at radius 3 is 2.37 bits per heavy atom. The molecule has 1 aliphatic heterocycles. The summed E-state index contributed by atoms with van der Waals surface area (Å²) in [6.07, 6.45) is 6.29. The van der Waals surface area contributed by atoms with Crippen LogP contribution >= 0.6 is 0 Å². The average molecular weight is 360 g/mol. The van der Waals surface area contributed by atoms with Gasteiger partial charge in [0.25, 0.3) is 0 Å². The van der Waals surface area contributed by atoms with Crippen molar-refractivity contribution in [2.24, 2.45) is 0 Å². The maximum Gasteiger partial charge on any atom is 0.170 e. The Morgan fingerprint density at radius 1 is 0.963 bits per heavy atom. The number of para-hydroxylation sites is 1. The molecule has 1 heterocycles. The van der Waals surface area contributed by atoms with Crippen molar-refractivity contribution in [3.8, 4) is 5.75 Å². The van der Waals surface area contributed by atoms with E-state index < -0.39 is 5.60 Å². The van der Waals surface area contributed by atoms with Gasteiger partial charge in [0, 0.05) is 6.42 Å². The number of hydrogen-bond acceptors (Lipinski definition) is 2. The molecule has 2 aromatic carbocycles. The summed E-state index contributed by atoms with van der Waals surface area (Å²) < 4.78 is 6.59. The molecule has 0 aliphatic carbocycles. The quantitative estimate of drug-likeness (QED) is 0.576. The number of carbonyl (C=O) groups is 1. The Balaban J connectivity index is 2.13. The van der Waals surface area contributed by atoms with Crippen LogP contribution in [0, 0.1) is 0 Å². The van der Waals surface area contributed by atoms with Gasteiger partial charge in [-0.1, -0.05) is 59.7 Å². The van der Waals surface area contributed by atoms with Crippen molar-refractivity contribution < 1.29 is 9.53 Å². The zero-order valence-corrected chi connectivity index (χ0v) is 16.7. The summed E-state index contributed by atoms with van der Waals surface area (Å²) in [7, 11) is 0. The van der Waals surface area contributed by atoms with Gasteiger partial charge in [0.1, 0.15) is 11.4 Å². The molecule has 0 N–H and O–H groups in total. The lowest BCUT2D eigenvalue weighted by molar-refractivity contribution is 0.0392. The van der Waals surface area contributed by atoms with Crippen LogP contribution in [-0.2, 0) is 12.0 Å². The van der Waals surface area contributed by atoms with Gasteiger partial charge in [0.05, 0.1) is 12.0 Å². The summed E-state index contributed by atoms with van der Waals surface area (Å²) in [5.74, 6) is 0.837. The molecule has 1 atom stereocenters. The minimum absolute atomic E-state index is 0.149. The van der Waals surface area contributed by atoms with Crippen molar-refractivity contribution in [2.45, 2.75) is 52.6 Å². The Morgan fingerprint density at radius 2 is 1.63 bits per heavy atom. The highest BCUT2D eigenvalue weighted by atomic mass is 16.5. The molecule has 0 radical (unpaired) electrons. The normalized spacial score (nSPS) is 18.3. The number of rotatable bonds is 5. The molecule has 2 heteroatoms. The molecule has 3 rings (SSSR count). The lowest BCUT2D eigenvalue weighted by Gasteiger charge is -2.39. The van der Waals surface area contributed by atoms with Gasteiger partial charge in [-0.05, 0) is 57.4 Å². The standard InChI is InChI=1S/C25H28O2/c1-18(2)13-14-20-9-5-7-11-22(20)25(16-15-19(3)4)17-23(26)21-10-6-8-12-24(21)27-25/h5-13,15H,14,16-17H2,1-4H3. The van der Waals surface area contributed by atoms with E-state index in [1.807, 2.05) is 30.3 Å². The number of Topliss-reactive ketones (excluding diaryl/α,β-unsaturated/α-hetero) is 1. The van der Waals surface area contributed by atoms with Crippen LogP contribution in [0.3, 0.4) is 0 Å². The van der Waals surface area contributed by atoms with Gasteiger partial charge in [-0.25, -0.2) is 0 Å². The van der Waals surface area contributed by atoms with Crippen molar-refractivity contribution in [2.75, 3.05) is 0 Å². The molecule has 140 valence electrons. The molecule has 0 saturated heterocycles. The smallest absolute Gasteiger partial charge is 0.170 e. The van der Waals surface area contributed by atoms with Crippen molar-refractivity contribution in [1.29, 1.82) is 0 Å². The number of allylic oxidation sites excluding steroid dienone is 3. The Hall–Kier alpha value is -2.61. The highest BCUT2D eigenvalue weighted by molar-refractivity contribution is 6.00. The molecular formula is C25H28O2. The summed E-state index contributed by atoms with van der Waals surface area (Å²) in [6.45, 7) is 8.39. The maximum absolute atomic E-state index is 13.0. The van der Waals surface area contributed by atoms with E-state index in [4.69, 9.17) is 4.74 Å². The predicted octanol–water partition coefficient (Wildman–Crippen LogP) is 6.41. The van der Waals surface area contributed by atoms with Crippen LogP contribution in [0.5, 0.6) is 5.75 Å². The third-order valence-electron chi connectivity index (χ3n) is 5.02. The molecule has 2 aromatic rings. The SMILES string of the molecule is CC(C)=CCc1ccccc1C1(CC=C(C)C)CC(=O)c2ccccc2O1. The Labute approximate surface area is 162 Å². The fourth-order valence-electron chi connectivity index (χ4n) is 3.59. The number of carbonyl (C=O) groups excluding carboxylic acids is 1. The average Bonchev–Trinajstić information content (AvgIpc) is 2.65. The van der Waals surface area contributed by atoms with Crippen LogP contribution in [0.25, 0.3) is 0 Å². The highest BCUT2D eigenvalue weighted by Gasteiger charge is 2.42. The zero-order chi connectivity index (χ0) is 19.4. The van der Waals surface area contributed by atoms with Gasteiger partial charge in [0.15, 0.2) is 5.78 Å². The summed E-state index contributed by atoms with van der Waals surface area (Å²) in [5.41, 5.74) is 4.87. The van der Waals surface area contributed by atoms with Crippen molar-refractivity contribution >= 4 is 5.78 Å². The van der Waals surface area contributed by atoms with Crippen LogP contribution in [0.2, 0.25) is 0 Å². The van der Waals surface area contributed by atoms with E-state index in [0.717, 1.165) is 12.0 Å². The number of ether oxygens (including phenoxy) is 1. The largest absolute Gasteiger partial charge is 0.481 e. The predicted molar refractivity (Wildman–Crippen MR) is 111 cm³/mol. The molecule has 0 saturated carbocycles. The van der Waals surface area contributed by atoms with Crippen LogP contribution in [0.15, 0.2) is 71.8 Å². The van der Waals surface area contributed by atoms with Gasteiger partial charge in [-0.3, -0.25) is 4.79 Å². The first-order valence-corrected chi connectivity index (χ1v) is 9.58. The first-order chi connectivity index (χ1) is 12.9. The van der Waals surface area contributed by atoms with Gasteiger partial charge >= 0.3 is 0 Å². The Kier molecular flexibility index (Phi) is 5.65. The summed E-state index contributed by atoms with van der Waals surface area (Å²) in [5, 5.41) is 0. The van der Waals surface area contributed by atoms with E-state index in [2.05, 4.69) is 58.0 Å². The molecule has 0 bridgehead atoms. The molecule has 0 fully saturated rings. The van der Waals surface area contributed by atoms with Crippen molar-refractivity contribution in [1.82, 2.24) is 0 Å². The number of ketones is 1. The second-order valence-corrected chi connectivity index (χ2v) is 7.82. The second-order valence-electron chi connectivity index (χ2n) is 7.82. The topological polar surface area (TPSA) is 26.3 Å².